The predicted octanol–water partition coefficient (Wildman–Crippen LogP) is 4.25. The van der Waals surface area contributed by atoms with Crippen LogP contribution in [0.4, 0.5) is 0 Å². The number of hydrogen-bond donors (Lipinski definition) is 1. The molecule has 0 spiro atoms. The van der Waals surface area contributed by atoms with Crippen molar-refractivity contribution in [1.82, 2.24) is 9.62 Å². The Labute approximate surface area is 177 Å². The number of rotatable bonds is 7. The molecule has 5 nitrogen and oxygen atoms in total. The van der Waals surface area contributed by atoms with Gasteiger partial charge in [-0.15, -0.1) is 11.8 Å². The number of likely N-dealkylation sites (tertiary alicyclic amines) is 1. The summed E-state index contributed by atoms with van der Waals surface area (Å²) >= 11 is 1.45. The first-order valence-electron chi connectivity index (χ1n) is 9.94. The van der Waals surface area contributed by atoms with E-state index in [9.17, 15) is 13.2 Å². The number of carbonyl (C=O) groups excluding carboxylic acids is 1. The average Bonchev–Trinajstić information content (AvgIpc) is 3.27. The maximum Gasteiger partial charge on any atom is 0.255 e. The molecule has 0 aromatic heterocycles. The highest BCUT2D eigenvalue weighted by Crippen LogP contribution is 2.27. The fraction of sp³-hybridized carbons (Fsp3) is 0.409. The van der Waals surface area contributed by atoms with Crippen LogP contribution in [0.5, 0.6) is 0 Å². The first kappa shape index (κ1) is 21.9. The highest BCUT2D eigenvalue weighted by atomic mass is 32.2. The predicted molar refractivity (Wildman–Crippen MR) is 118 cm³/mol. The highest BCUT2D eigenvalue weighted by molar-refractivity contribution is 7.98. The third-order valence-electron chi connectivity index (χ3n) is 5.32. The Bertz CT molecular complexity index is 966. The molecule has 0 radical (unpaired) electrons. The van der Waals surface area contributed by atoms with E-state index in [0.717, 1.165) is 42.8 Å². The molecule has 1 heterocycles. The van der Waals surface area contributed by atoms with Crippen molar-refractivity contribution in [3.8, 4) is 0 Å². The Morgan fingerprint density at radius 3 is 2.38 bits per heavy atom. The van der Waals surface area contributed by atoms with Crippen molar-refractivity contribution in [1.29, 1.82) is 0 Å². The summed E-state index contributed by atoms with van der Waals surface area (Å²) in [5.41, 5.74) is 2.57. The molecule has 3 rings (SSSR count). The molecule has 7 heteroatoms. The van der Waals surface area contributed by atoms with Crippen LogP contribution >= 0.6 is 11.8 Å². The molecule has 0 aliphatic carbocycles. The molecule has 1 unspecified atom stereocenters. The molecular weight excluding hydrogens is 404 g/mol. The molecule has 1 saturated heterocycles. The minimum absolute atomic E-state index is 0.0906. The van der Waals surface area contributed by atoms with Crippen molar-refractivity contribution in [2.45, 2.75) is 48.9 Å². The summed E-state index contributed by atoms with van der Waals surface area (Å²) in [4.78, 5) is 15.6. The minimum atomic E-state index is -3.76. The van der Waals surface area contributed by atoms with E-state index < -0.39 is 10.0 Å². The van der Waals surface area contributed by atoms with Gasteiger partial charge in [-0.25, -0.2) is 13.1 Å². The second kappa shape index (κ2) is 9.32. The van der Waals surface area contributed by atoms with Crippen LogP contribution in [-0.4, -0.2) is 38.6 Å². The fourth-order valence-corrected chi connectivity index (χ4v) is 5.35. The van der Waals surface area contributed by atoms with E-state index in [-0.39, 0.29) is 16.8 Å². The molecule has 2 aromatic carbocycles. The Hall–Kier alpha value is -1.83. The molecule has 1 N–H and O–H groups in total. The van der Waals surface area contributed by atoms with Crippen molar-refractivity contribution < 1.29 is 13.2 Å². The van der Waals surface area contributed by atoms with Gasteiger partial charge in [0.25, 0.3) is 5.91 Å². The third-order valence-corrected chi connectivity index (χ3v) is 7.66. The zero-order valence-electron chi connectivity index (χ0n) is 17.1. The molecule has 1 aliphatic heterocycles. The summed E-state index contributed by atoms with van der Waals surface area (Å²) in [5, 5.41) is 0. The largest absolute Gasteiger partial charge is 0.339 e. The summed E-state index contributed by atoms with van der Waals surface area (Å²) < 4.78 is 28.7. The van der Waals surface area contributed by atoms with E-state index >= 15 is 0 Å². The van der Waals surface area contributed by atoms with Gasteiger partial charge in [-0.05, 0) is 61.8 Å². The van der Waals surface area contributed by atoms with Gasteiger partial charge in [0.1, 0.15) is 0 Å². The Balaban J connectivity index is 1.85. The lowest BCUT2D eigenvalue weighted by atomic mass is 10.1. The second-order valence-electron chi connectivity index (χ2n) is 7.30. The third kappa shape index (κ3) is 5.02. The number of nitrogens with zero attached hydrogens (tertiary/aromatic N) is 1. The molecule has 1 amide bonds. The number of aryl methyl sites for hydroxylation is 1. The van der Waals surface area contributed by atoms with Gasteiger partial charge < -0.3 is 4.90 Å². The van der Waals surface area contributed by atoms with Crippen molar-refractivity contribution in [2.24, 2.45) is 0 Å². The lowest BCUT2D eigenvalue weighted by molar-refractivity contribution is 0.0789. The normalized spacial score (nSPS) is 15.5. The summed E-state index contributed by atoms with van der Waals surface area (Å²) in [6, 6.07) is 12.4. The molecule has 1 aliphatic rings. The van der Waals surface area contributed by atoms with Crippen LogP contribution in [0.1, 0.15) is 54.2 Å². The lowest BCUT2D eigenvalue weighted by Crippen LogP contribution is -2.29. The number of sulfonamides is 1. The first-order valence-corrected chi connectivity index (χ1v) is 12.6. The van der Waals surface area contributed by atoms with E-state index in [4.69, 9.17) is 0 Å². The Kier molecular flexibility index (Phi) is 7.03. The Morgan fingerprint density at radius 2 is 1.79 bits per heavy atom. The van der Waals surface area contributed by atoms with Crippen LogP contribution in [-0.2, 0) is 16.4 Å². The summed E-state index contributed by atoms with van der Waals surface area (Å²) in [5.74, 6) is -0.0906. The smallest absolute Gasteiger partial charge is 0.255 e. The molecule has 1 fully saturated rings. The quantitative estimate of drug-likeness (QED) is 0.665. The van der Waals surface area contributed by atoms with Crippen LogP contribution < -0.4 is 4.72 Å². The van der Waals surface area contributed by atoms with E-state index in [2.05, 4.69) is 11.6 Å². The number of amides is 1. The maximum atomic E-state index is 13.0. The summed E-state index contributed by atoms with van der Waals surface area (Å²) in [6.07, 6.45) is 4.82. The van der Waals surface area contributed by atoms with Crippen LogP contribution in [0.25, 0.3) is 0 Å². The van der Waals surface area contributed by atoms with Gasteiger partial charge in [-0.2, -0.15) is 0 Å². The molecule has 0 saturated carbocycles. The van der Waals surface area contributed by atoms with Crippen molar-refractivity contribution >= 4 is 27.7 Å². The number of benzene rings is 2. The van der Waals surface area contributed by atoms with Crippen molar-refractivity contribution in [2.75, 3.05) is 19.3 Å². The van der Waals surface area contributed by atoms with Gasteiger partial charge in [0.15, 0.2) is 0 Å². The standard InChI is InChI=1S/C22H28N2O3S2/c1-4-17-7-9-18(10-8-17)16(2)23-29(26,27)19-11-12-21(28-3)20(15-19)22(25)24-13-5-6-14-24/h7-12,15-16,23H,4-6,13-14H2,1-3H3. The molecule has 1 atom stereocenters. The minimum Gasteiger partial charge on any atom is -0.339 e. The second-order valence-corrected chi connectivity index (χ2v) is 9.86. The van der Waals surface area contributed by atoms with Crippen molar-refractivity contribution in [3.63, 3.8) is 0 Å². The fourth-order valence-electron chi connectivity index (χ4n) is 3.52. The van der Waals surface area contributed by atoms with Gasteiger partial charge in [-0.3, -0.25) is 4.79 Å². The van der Waals surface area contributed by atoms with Crippen LogP contribution in [0.2, 0.25) is 0 Å². The first-order chi connectivity index (χ1) is 13.9. The van der Waals surface area contributed by atoms with Crippen molar-refractivity contribution in [3.05, 3.63) is 59.2 Å². The van der Waals surface area contributed by atoms with E-state index in [0.29, 0.717) is 5.56 Å². The summed E-state index contributed by atoms with van der Waals surface area (Å²) in [7, 11) is -3.76. The van der Waals surface area contributed by atoms with Gasteiger partial charge in [0, 0.05) is 24.0 Å². The van der Waals surface area contributed by atoms with Gasteiger partial charge in [-0.1, -0.05) is 31.2 Å². The van der Waals surface area contributed by atoms with Gasteiger partial charge in [0.05, 0.1) is 10.5 Å². The zero-order valence-corrected chi connectivity index (χ0v) is 18.8. The van der Waals surface area contributed by atoms with Crippen LogP contribution in [0, 0.1) is 0 Å². The number of hydrogen-bond acceptors (Lipinski definition) is 4. The highest BCUT2D eigenvalue weighted by Gasteiger charge is 2.25. The summed E-state index contributed by atoms with van der Waals surface area (Å²) in [6.45, 7) is 5.37. The molecular formula is C22H28N2O3S2. The maximum absolute atomic E-state index is 13.0. The molecule has 2 aromatic rings. The Morgan fingerprint density at radius 1 is 1.14 bits per heavy atom. The van der Waals surface area contributed by atoms with Crippen LogP contribution in [0.15, 0.2) is 52.3 Å². The van der Waals surface area contributed by atoms with E-state index in [1.165, 1.54) is 23.4 Å². The molecule has 0 bridgehead atoms. The molecule has 29 heavy (non-hydrogen) atoms. The number of carbonyl (C=O) groups is 1. The number of thioether (sulfide) groups is 1. The molecule has 156 valence electrons. The van der Waals surface area contributed by atoms with E-state index in [1.807, 2.05) is 37.4 Å². The van der Waals surface area contributed by atoms with Crippen LogP contribution in [0.3, 0.4) is 0 Å². The lowest BCUT2D eigenvalue weighted by Gasteiger charge is -2.19. The van der Waals surface area contributed by atoms with Gasteiger partial charge >= 0.3 is 0 Å². The zero-order chi connectivity index (χ0) is 21.0. The SMILES string of the molecule is CCc1ccc(C(C)NS(=O)(=O)c2ccc(SC)c(C(=O)N3CCCC3)c2)cc1. The van der Waals surface area contributed by atoms with Gasteiger partial charge in [0.2, 0.25) is 10.0 Å². The number of nitrogens with one attached hydrogen (secondary N) is 1. The van der Waals surface area contributed by atoms with E-state index in [1.54, 1.807) is 17.0 Å². The topological polar surface area (TPSA) is 66.5 Å². The monoisotopic (exact) mass is 432 g/mol. The average molecular weight is 433 g/mol.